The van der Waals surface area contributed by atoms with Crippen LogP contribution < -0.4 is 54.1 Å². The Labute approximate surface area is 791 Å². The average molecular weight is 1940 g/mol. The van der Waals surface area contributed by atoms with Crippen molar-refractivity contribution in [2.45, 2.75) is 184 Å². The molecule has 0 bridgehead atoms. The third kappa shape index (κ3) is 56.0. The van der Waals surface area contributed by atoms with Gasteiger partial charge in [-0.3, -0.25) is 4.99 Å². The Morgan fingerprint density at radius 3 is 1.34 bits per heavy atom. The van der Waals surface area contributed by atoms with E-state index in [-0.39, 0.29) is 88.8 Å². The minimum Gasteiger partial charge on any atom is -0.504 e. The molecular weight excluding hydrogens is 1800 g/mol. The number of alkyl halides is 8. The lowest BCUT2D eigenvalue weighted by molar-refractivity contribution is 0.168. The first-order valence-electron chi connectivity index (χ1n) is 44.0. The fraction of sp³-hybridized carbons (Fsp3) is 0.456. The van der Waals surface area contributed by atoms with Gasteiger partial charge in [-0.15, -0.1) is 0 Å². The van der Waals surface area contributed by atoms with Gasteiger partial charge in [-0.05, 0) is 281 Å². The summed E-state index contributed by atoms with van der Waals surface area (Å²) in [5.41, 5.74) is 21.9. The van der Waals surface area contributed by atoms with Crippen LogP contribution in [0.25, 0.3) is 6.08 Å². The quantitative estimate of drug-likeness (QED) is 0.00733. The first kappa shape index (κ1) is 122. The summed E-state index contributed by atoms with van der Waals surface area (Å²) >= 11 is 3.41. The summed E-state index contributed by atoms with van der Waals surface area (Å²) in [6, 6.07) is 46.8. The highest BCUT2D eigenvalue weighted by Crippen LogP contribution is 2.40. The summed E-state index contributed by atoms with van der Waals surface area (Å²) in [7, 11) is 1.53. The molecule has 0 aliphatic heterocycles. The Bertz CT molecular complexity index is 4500. The highest BCUT2D eigenvalue weighted by atomic mass is 79.9. The average Bonchev–Trinajstić information content (AvgIpc) is 0.826. The summed E-state index contributed by atoms with van der Waals surface area (Å²) in [6.07, 6.45) is 12.3. The number of nitrogens with one attached hydrogen (secondary N) is 3. The maximum atomic E-state index is 13.4. The van der Waals surface area contributed by atoms with E-state index in [9.17, 15) is 65.0 Å². The van der Waals surface area contributed by atoms with Gasteiger partial charge in [-0.2, -0.15) is 0 Å². The molecule has 8 aromatic carbocycles. The summed E-state index contributed by atoms with van der Waals surface area (Å²) in [4.78, 5) is 4.13. The third-order valence-electron chi connectivity index (χ3n) is 18.6. The van der Waals surface area contributed by atoms with Gasteiger partial charge in [-0.1, -0.05) is 115 Å². The topological polar surface area (TPSA) is 320 Å². The Hall–Kier alpha value is -11.0. The predicted molar refractivity (Wildman–Crippen MR) is 524 cm³/mol. The number of phenols is 2. The predicted octanol–water partition coefficient (Wildman–Crippen LogP) is 25.0. The summed E-state index contributed by atoms with van der Waals surface area (Å²) in [6.45, 7) is 19.2. The molecule has 0 aromatic heterocycles. The molecule has 0 spiro atoms. The lowest BCUT2D eigenvalue weighted by Crippen LogP contribution is -2.06. The van der Waals surface area contributed by atoms with E-state index in [0.29, 0.717) is 101 Å². The van der Waals surface area contributed by atoms with Gasteiger partial charge in [0.2, 0.25) is 5.75 Å². The van der Waals surface area contributed by atoms with Crippen molar-refractivity contribution in [3.8, 4) is 63.2 Å². The van der Waals surface area contributed by atoms with Gasteiger partial charge in [0, 0.05) is 47.4 Å². The number of aryl methyl sites for hydroxylation is 3. The molecule has 8 rings (SSSR count). The van der Waals surface area contributed by atoms with Crippen LogP contribution in [0.2, 0.25) is 0 Å². The number of amidine groups is 1. The second kappa shape index (κ2) is 74.5. The van der Waals surface area contributed by atoms with E-state index in [2.05, 4.69) is 41.3 Å². The molecule has 20 nitrogen and oxygen atoms in total. The highest BCUT2D eigenvalue weighted by Gasteiger charge is 2.18. The molecule has 2 unspecified atom stereocenters. The van der Waals surface area contributed by atoms with Gasteiger partial charge in [0.25, 0.3) is 0 Å². The van der Waals surface area contributed by atoms with Crippen molar-refractivity contribution >= 4 is 45.0 Å². The van der Waals surface area contributed by atoms with Crippen LogP contribution in [0.4, 0.5) is 39.5 Å². The summed E-state index contributed by atoms with van der Waals surface area (Å²) in [5, 5.41) is 70.0. The molecule has 30 heteroatoms. The molecule has 12 N–H and O–H groups in total. The first-order chi connectivity index (χ1) is 63.2. The van der Waals surface area contributed by atoms with E-state index >= 15 is 0 Å². The molecule has 0 aliphatic carbocycles. The molecule has 0 heterocycles. The van der Waals surface area contributed by atoms with Crippen LogP contribution in [0.3, 0.4) is 0 Å². The number of aliphatic hydroxyl groups excluding tert-OH is 3. The van der Waals surface area contributed by atoms with E-state index in [0.717, 1.165) is 103 Å². The van der Waals surface area contributed by atoms with Crippen molar-refractivity contribution in [1.82, 2.24) is 0 Å². The molecule has 133 heavy (non-hydrogen) atoms. The maximum Gasteiger partial charge on any atom is 0.203 e. The molecule has 0 fully saturated rings. The van der Waals surface area contributed by atoms with Crippen molar-refractivity contribution in [3.05, 3.63) is 236 Å². The molecule has 0 radical (unpaired) electrons. The molecule has 740 valence electrons. The second-order valence-electron chi connectivity index (χ2n) is 30.2. The van der Waals surface area contributed by atoms with E-state index in [1.807, 2.05) is 168 Å². The van der Waals surface area contributed by atoms with Crippen LogP contribution in [0.1, 0.15) is 208 Å². The number of ether oxygens (including phenoxy) is 9. The Morgan fingerprint density at radius 1 is 0.481 bits per heavy atom. The molecule has 8 aromatic rings. The van der Waals surface area contributed by atoms with Crippen LogP contribution in [-0.2, 0) is 19.3 Å². The second-order valence-corrected chi connectivity index (χ2v) is 31.1. The number of halogens is 10. The minimum atomic E-state index is -0.805. The largest absolute Gasteiger partial charge is 0.504 e. The van der Waals surface area contributed by atoms with Crippen molar-refractivity contribution in [3.63, 3.8) is 0 Å². The number of aliphatic hydroxyl groups is 3. The minimum absolute atomic E-state index is 0. The smallest absolute Gasteiger partial charge is 0.203 e. The number of allylic oxidation sites excluding steroid dienone is 1. The van der Waals surface area contributed by atoms with Gasteiger partial charge in [0.15, 0.2) is 23.0 Å². The fourth-order valence-electron chi connectivity index (χ4n) is 11.9. The van der Waals surface area contributed by atoms with E-state index in [1.165, 1.54) is 53.6 Å². The molecular formula is C103H144BrF9N6O14. The van der Waals surface area contributed by atoms with Crippen molar-refractivity contribution < 1.29 is 108 Å². The van der Waals surface area contributed by atoms with Crippen LogP contribution in [0.5, 0.6) is 63.2 Å². The van der Waals surface area contributed by atoms with Crippen LogP contribution in [0.15, 0.2) is 186 Å². The van der Waals surface area contributed by atoms with E-state index < -0.39 is 77.5 Å². The van der Waals surface area contributed by atoms with Crippen LogP contribution in [0, 0.1) is 34.9 Å². The summed E-state index contributed by atoms with van der Waals surface area (Å²) in [5.74, 6) is 5.06. The fourth-order valence-corrected chi connectivity index (χ4v) is 12.5. The monoisotopic (exact) mass is 1940 g/mol. The number of phenolic OH excluding ortho intramolecular Hbond substituents is 2. The van der Waals surface area contributed by atoms with Gasteiger partial charge in [-0.25, -0.2) is 39.5 Å². The van der Waals surface area contributed by atoms with Gasteiger partial charge >= 0.3 is 0 Å². The normalized spacial score (nSPS) is 11.7. The highest BCUT2D eigenvalue weighted by molar-refractivity contribution is 9.10. The zero-order valence-corrected chi connectivity index (χ0v) is 79.9. The number of rotatable bonds is 50. The summed E-state index contributed by atoms with van der Waals surface area (Å²) < 4.78 is 156. The van der Waals surface area contributed by atoms with Gasteiger partial charge in [0.05, 0.1) is 35.7 Å². The molecule has 0 saturated heterocycles. The number of aliphatic imine (C=N–C) groups is 1. The van der Waals surface area contributed by atoms with Crippen molar-refractivity contribution in [1.29, 1.82) is 16.2 Å². The number of hydrogen-bond donors (Lipinski definition) is 10. The number of methoxy groups -OCH3 is 1. The van der Waals surface area contributed by atoms with Crippen LogP contribution >= 0.6 is 15.9 Å². The van der Waals surface area contributed by atoms with Gasteiger partial charge < -0.3 is 95.9 Å². The SMILES string of the molecule is C.C=C(N)C/C=C/c1ccc(OCCF)cc1.CC(=N)CC(C)Cc1ccc(OCCF)cc1.CC(=N)CCC(C)c1ccc(OCCF)cc1.CC(=N)CCCc1ccc(OCCF)c(Br)c1.CC(N)=NCCCc1ccc(OCCF)cc1.CC[C@H](O)c1cc(C)c(OCCF)c(OC)c1.CC[C@H](O)c1cc(O)c(OCCF)c(O)c1.CC[C@H](O)c1ccc(OCCF)cc1F. The molecule has 0 saturated carbocycles. The van der Waals surface area contributed by atoms with Crippen molar-refractivity contribution in [2.24, 2.45) is 22.4 Å². The van der Waals surface area contributed by atoms with E-state index in [1.54, 1.807) is 26.8 Å². The zero-order chi connectivity index (χ0) is 98.6. The standard InChI is InChI=1S/2C14H20FNO.C13H17BrFNO.C13H19FN2O.C13H16FNO.C13H19FO3.C11H14F2O2.C11H15FO4.CH4/c1-11(9-12(2)16)10-13-3-5-14(6-4-13)17-8-7-15;1-11(3-4-12(2)16)13-5-7-14(8-6-13)17-10-9-15;1-10(16)3-2-4-11-5-6-13(12(14)9-11)17-8-7-15;1-11(15)16-9-2-3-12-4-6-13(7-5-12)17-10-8-14;1-11(15)3-2-4-12-5-7-13(8-6-12)16-10-9-14;1-4-11(15)10-7-9(2)13(17-6-5-14)12(8-10)16-3;1-2-11(14)9-4-3-8(7-10(9)13)15-6-5-12;1-2-8(13)7-5-9(14)11(10(15)6-7)16-4-3-12;/h3-6,11,16H,7-10H2,1-2H3;5-8,11,16H,3-4,9-10H2,1-2H3;5-6,9,16H,2-4,7-8H2,1H3;4-7H,2-3,8-10H2,1H3,(H2,15,16);2,4-8H,1,3,9-10,15H2;7-8,11,15H,4-6H2,1-3H3;3-4,7,11,14H,2,5-6H2,1H3;5-6,8,13-15H,2-4H2,1H3;1H4/b;;;;4-2+;;;;/t;;;;;2*11-;8-;/m.....000./s1. The molecule has 0 amide bonds. The van der Waals surface area contributed by atoms with Crippen molar-refractivity contribution in [2.75, 3.05) is 120 Å². The Kier molecular flexibility index (Phi) is 68.3. The number of aromatic hydroxyl groups is 2. The molecule has 5 atom stereocenters. The lowest BCUT2D eigenvalue weighted by atomic mass is 9.95. The number of nitrogens with zero attached hydrogens (tertiary/aromatic N) is 1. The van der Waals surface area contributed by atoms with Gasteiger partial charge in [0.1, 0.15) is 147 Å². The number of nitrogens with two attached hydrogens (primary N) is 2. The van der Waals surface area contributed by atoms with E-state index in [4.69, 9.17) is 70.3 Å². The lowest BCUT2D eigenvalue weighted by Gasteiger charge is -2.16. The number of hydrogen-bond acceptors (Lipinski definition) is 19. The first-order valence-corrected chi connectivity index (χ1v) is 44.8. The Balaban J connectivity index is 0.00000150. The number of benzene rings is 8. The maximum absolute atomic E-state index is 13.4. The third-order valence-corrected chi connectivity index (χ3v) is 19.2. The Morgan fingerprint density at radius 2 is 0.902 bits per heavy atom. The zero-order valence-electron chi connectivity index (χ0n) is 78.3. The van der Waals surface area contributed by atoms with Crippen LogP contribution in [-0.4, -0.2) is 168 Å². The molecule has 0 aliphatic rings.